The van der Waals surface area contributed by atoms with E-state index >= 15 is 0 Å². The topological polar surface area (TPSA) is 55.8 Å². The molecule has 4 rings (SSSR count). The van der Waals surface area contributed by atoms with Gasteiger partial charge in [-0.05, 0) is 80.3 Å². The predicted octanol–water partition coefficient (Wildman–Crippen LogP) is 6.27. The van der Waals surface area contributed by atoms with Crippen LogP contribution in [0.2, 0.25) is 0 Å². The van der Waals surface area contributed by atoms with Crippen molar-refractivity contribution >= 4 is 17.6 Å². The fraction of sp³-hybridized carbons (Fsp3) is 0.310. The van der Waals surface area contributed by atoms with Crippen molar-refractivity contribution in [1.29, 1.82) is 0 Å². The summed E-state index contributed by atoms with van der Waals surface area (Å²) in [6.07, 6.45) is 1.71. The molecule has 0 N–H and O–H groups in total. The molecule has 2 unspecified atom stereocenters. The Morgan fingerprint density at radius 2 is 1.74 bits per heavy atom. The smallest absolute Gasteiger partial charge is 0.305 e. The summed E-state index contributed by atoms with van der Waals surface area (Å²) in [6, 6.07) is 21.2. The van der Waals surface area contributed by atoms with Crippen LogP contribution in [-0.2, 0) is 16.1 Å². The Morgan fingerprint density at radius 1 is 1.00 bits per heavy atom. The molecular formula is C29H30FNO4. The van der Waals surface area contributed by atoms with E-state index in [4.69, 9.17) is 9.47 Å². The molecule has 0 spiro atoms. The molecule has 182 valence electrons. The van der Waals surface area contributed by atoms with E-state index in [1.807, 2.05) is 55.5 Å². The van der Waals surface area contributed by atoms with Crippen LogP contribution < -0.4 is 9.64 Å². The minimum Gasteiger partial charge on any atom is -0.489 e. The summed E-state index contributed by atoms with van der Waals surface area (Å²) < 4.78 is 24.5. The molecule has 6 heteroatoms. The zero-order chi connectivity index (χ0) is 24.8. The van der Waals surface area contributed by atoms with Crippen LogP contribution in [0.5, 0.6) is 5.75 Å². The first-order chi connectivity index (χ1) is 17.0. The van der Waals surface area contributed by atoms with Crippen molar-refractivity contribution < 1.29 is 23.5 Å². The predicted molar refractivity (Wildman–Crippen MR) is 133 cm³/mol. The summed E-state index contributed by atoms with van der Waals surface area (Å²) in [7, 11) is 0. The molecule has 0 aliphatic carbocycles. The molecule has 0 fully saturated rings. The van der Waals surface area contributed by atoms with E-state index in [1.54, 1.807) is 11.8 Å². The van der Waals surface area contributed by atoms with Gasteiger partial charge in [0.2, 0.25) is 0 Å². The molecular weight excluding hydrogens is 445 g/mol. The number of carbonyl (C=O) groups excluding carboxylic acids is 2. The first-order valence-corrected chi connectivity index (χ1v) is 12.0. The lowest BCUT2D eigenvalue weighted by Crippen LogP contribution is -2.37. The van der Waals surface area contributed by atoms with Gasteiger partial charge < -0.3 is 14.4 Å². The average molecular weight is 476 g/mol. The number of hydrogen-bond donors (Lipinski definition) is 0. The van der Waals surface area contributed by atoms with Gasteiger partial charge in [0.15, 0.2) is 0 Å². The zero-order valence-electron chi connectivity index (χ0n) is 20.1. The van der Waals surface area contributed by atoms with Crippen LogP contribution >= 0.6 is 0 Å². The summed E-state index contributed by atoms with van der Waals surface area (Å²) in [5.41, 5.74) is 3.34. The first-order valence-electron chi connectivity index (χ1n) is 12.0. The largest absolute Gasteiger partial charge is 0.489 e. The molecule has 0 bridgehead atoms. The summed E-state index contributed by atoms with van der Waals surface area (Å²) in [4.78, 5) is 27.1. The van der Waals surface area contributed by atoms with Crippen molar-refractivity contribution in [2.24, 2.45) is 0 Å². The lowest BCUT2D eigenvalue weighted by Gasteiger charge is -2.25. The lowest BCUT2D eigenvalue weighted by atomic mass is 9.90. The van der Waals surface area contributed by atoms with Crippen LogP contribution in [0.1, 0.15) is 60.5 Å². The maximum Gasteiger partial charge on any atom is 0.305 e. The second-order valence-electron chi connectivity index (χ2n) is 8.72. The highest BCUT2D eigenvalue weighted by molar-refractivity contribution is 6.08. The van der Waals surface area contributed by atoms with Crippen molar-refractivity contribution in [3.63, 3.8) is 0 Å². The van der Waals surface area contributed by atoms with Gasteiger partial charge in [-0.3, -0.25) is 9.59 Å². The van der Waals surface area contributed by atoms with Crippen LogP contribution in [0.3, 0.4) is 0 Å². The SMILES string of the molecule is CCOC(=O)CCCC1c2cc(OCc3ccccc3)ccc2N(C(=O)c2ccc(F)cc2)C1C. The molecule has 1 aliphatic heterocycles. The fourth-order valence-electron chi connectivity index (χ4n) is 4.66. The van der Waals surface area contributed by atoms with Crippen molar-refractivity contribution in [3.8, 4) is 5.75 Å². The van der Waals surface area contributed by atoms with E-state index in [0.717, 1.165) is 29.0 Å². The molecule has 35 heavy (non-hydrogen) atoms. The number of carbonyl (C=O) groups is 2. The summed E-state index contributed by atoms with van der Waals surface area (Å²) in [6.45, 7) is 4.62. The van der Waals surface area contributed by atoms with Crippen LogP contribution in [-0.4, -0.2) is 24.5 Å². The van der Waals surface area contributed by atoms with Gasteiger partial charge in [0, 0.05) is 29.6 Å². The molecule has 0 aromatic heterocycles. The molecule has 0 saturated heterocycles. The maximum atomic E-state index is 13.4. The summed E-state index contributed by atoms with van der Waals surface area (Å²) in [5.74, 6) is -0.00833. The van der Waals surface area contributed by atoms with Gasteiger partial charge in [-0.1, -0.05) is 30.3 Å². The summed E-state index contributed by atoms with van der Waals surface area (Å²) in [5, 5.41) is 0. The Labute approximate surface area is 205 Å². The van der Waals surface area contributed by atoms with Gasteiger partial charge in [0.25, 0.3) is 5.91 Å². The van der Waals surface area contributed by atoms with Gasteiger partial charge in [0.1, 0.15) is 18.2 Å². The Morgan fingerprint density at radius 3 is 2.46 bits per heavy atom. The molecule has 2 atom stereocenters. The molecule has 0 radical (unpaired) electrons. The maximum absolute atomic E-state index is 13.4. The first kappa shape index (κ1) is 24.5. The molecule has 3 aromatic carbocycles. The lowest BCUT2D eigenvalue weighted by molar-refractivity contribution is -0.143. The van der Waals surface area contributed by atoms with Crippen molar-refractivity contribution in [3.05, 3.63) is 95.3 Å². The molecule has 3 aromatic rings. The van der Waals surface area contributed by atoms with Gasteiger partial charge in [-0.2, -0.15) is 0 Å². The number of anilines is 1. The highest BCUT2D eigenvalue weighted by Gasteiger charge is 2.39. The van der Waals surface area contributed by atoms with E-state index < -0.39 is 0 Å². The molecule has 1 heterocycles. The Kier molecular flexibility index (Phi) is 7.80. The Balaban J connectivity index is 1.58. The fourth-order valence-corrected chi connectivity index (χ4v) is 4.66. The molecule has 0 saturated carbocycles. The second kappa shape index (κ2) is 11.2. The van der Waals surface area contributed by atoms with E-state index in [9.17, 15) is 14.0 Å². The van der Waals surface area contributed by atoms with Gasteiger partial charge in [-0.25, -0.2) is 4.39 Å². The highest BCUT2D eigenvalue weighted by Crippen LogP contribution is 2.45. The van der Waals surface area contributed by atoms with E-state index in [2.05, 4.69) is 0 Å². The molecule has 5 nitrogen and oxygen atoms in total. The van der Waals surface area contributed by atoms with Crippen LogP contribution in [0.4, 0.5) is 10.1 Å². The third-order valence-electron chi connectivity index (χ3n) is 6.41. The quantitative estimate of drug-likeness (QED) is 0.342. The number of benzene rings is 3. The van der Waals surface area contributed by atoms with Gasteiger partial charge >= 0.3 is 5.97 Å². The number of esters is 1. The van der Waals surface area contributed by atoms with Crippen molar-refractivity contribution in [2.75, 3.05) is 11.5 Å². The number of fused-ring (bicyclic) bond motifs is 1. The second-order valence-corrected chi connectivity index (χ2v) is 8.72. The number of amides is 1. The zero-order valence-corrected chi connectivity index (χ0v) is 20.1. The minimum atomic E-state index is -0.381. The van der Waals surface area contributed by atoms with Crippen molar-refractivity contribution in [1.82, 2.24) is 0 Å². The minimum absolute atomic E-state index is 0.0316. The number of ether oxygens (including phenoxy) is 2. The number of halogens is 1. The monoisotopic (exact) mass is 475 g/mol. The average Bonchev–Trinajstić information content (AvgIpc) is 3.14. The number of nitrogens with zero attached hydrogens (tertiary/aromatic N) is 1. The van der Waals surface area contributed by atoms with E-state index in [0.29, 0.717) is 31.6 Å². The number of hydrogen-bond acceptors (Lipinski definition) is 4. The molecule has 1 amide bonds. The number of rotatable bonds is 9. The normalized spacial score (nSPS) is 16.6. The van der Waals surface area contributed by atoms with Crippen LogP contribution in [0.25, 0.3) is 0 Å². The van der Waals surface area contributed by atoms with Crippen molar-refractivity contribution in [2.45, 2.75) is 51.7 Å². The highest BCUT2D eigenvalue weighted by atomic mass is 19.1. The summed E-state index contributed by atoms with van der Waals surface area (Å²) >= 11 is 0. The van der Waals surface area contributed by atoms with Crippen LogP contribution in [0.15, 0.2) is 72.8 Å². The third kappa shape index (κ3) is 5.70. The molecule has 1 aliphatic rings. The van der Waals surface area contributed by atoms with Crippen LogP contribution in [0, 0.1) is 5.82 Å². The Bertz CT molecular complexity index is 1160. The standard InChI is InChI=1S/C29H30FNO4/c1-3-34-28(32)11-7-10-25-20(2)31(29(33)22-12-14-23(30)15-13-22)27-17-16-24(18-26(25)27)35-19-21-8-5-4-6-9-21/h4-6,8-9,12-18,20,25H,3,7,10-11,19H2,1-2H3. The van der Waals surface area contributed by atoms with Gasteiger partial charge in [-0.15, -0.1) is 0 Å². The van der Waals surface area contributed by atoms with E-state index in [-0.39, 0.29) is 29.7 Å². The van der Waals surface area contributed by atoms with Gasteiger partial charge in [0.05, 0.1) is 6.61 Å². The third-order valence-corrected chi connectivity index (χ3v) is 6.41. The van der Waals surface area contributed by atoms with E-state index in [1.165, 1.54) is 24.3 Å². The Hall–Kier alpha value is -3.67.